The van der Waals surface area contributed by atoms with Gasteiger partial charge in [0.2, 0.25) is 0 Å². The summed E-state index contributed by atoms with van der Waals surface area (Å²) in [6.07, 6.45) is 3.85. The summed E-state index contributed by atoms with van der Waals surface area (Å²) >= 11 is 0. The summed E-state index contributed by atoms with van der Waals surface area (Å²) in [6.45, 7) is 1.89. The van der Waals surface area contributed by atoms with Gasteiger partial charge in [0, 0.05) is 12.4 Å². The zero-order valence-electron chi connectivity index (χ0n) is 6.14. The summed E-state index contributed by atoms with van der Waals surface area (Å²) in [6, 6.07) is 1.90. The molecule has 1 saturated heterocycles. The highest BCUT2D eigenvalue weighted by molar-refractivity contribution is 4.78. The van der Waals surface area contributed by atoms with Crippen LogP contribution in [0.2, 0.25) is 0 Å². The zero-order valence-corrected chi connectivity index (χ0v) is 6.14. The Labute approximate surface area is 64.7 Å². The first-order valence-electron chi connectivity index (χ1n) is 3.62. The predicted molar refractivity (Wildman–Crippen MR) is 37.9 cm³/mol. The molecule has 0 N–H and O–H groups in total. The van der Waals surface area contributed by atoms with Crippen LogP contribution in [0.15, 0.2) is 18.5 Å². The van der Waals surface area contributed by atoms with Gasteiger partial charge in [0.05, 0.1) is 13.2 Å². The molecule has 0 spiro atoms. The first-order chi connectivity index (χ1) is 5.45. The van der Waals surface area contributed by atoms with E-state index in [9.17, 15) is 0 Å². The minimum absolute atomic E-state index is 0.176. The normalized spacial score (nSPS) is 24.2. The fourth-order valence-electron chi connectivity index (χ4n) is 1.09. The molecule has 1 unspecified atom stereocenters. The second kappa shape index (κ2) is 3.02. The summed E-state index contributed by atoms with van der Waals surface area (Å²) in [5.74, 6) is 0. The molecular formula is C7H10N2O2. The smallest absolute Gasteiger partial charge is 0.147 e. The lowest BCUT2D eigenvalue weighted by Crippen LogP contribution is -2.18. The van der Waals surface area contributed by atoms with Crippen molar-refractivity contribution in [2.45, 2.75) is 12.6 Å². The van der Waals surface area contributed by atoms with E-state index in [0.29, 0.717) is 13.4 Å². The van der Waals surface area contributed by atoms with Crippen molar-refractivity contribution >= 4 is 0 Å². The molecular weight excluding hydrogens is 144 g/mol. The maximum absolute atomic E-state index is 5.24. The molecule has 2 rings (SSSR count). The van der Waals surface area contributed by atoms with Crippen molar-refractivity contribution < 1.29 is 9.47 Å². The third-order valence-corrected chi connectivity index (χ3v) is 1.64. The van der Waals surface area contributed by atoms with Crippen LogP contribution in [-0.2, 0) is 16.0 Å². The van der Waals surface area contributed by atoms with E-state index < -0.39 is 0 Å². The van der Waals surface area contributed by atoms with Crippen molar-refractivity contribution in [2.24, 2.45) is 0 Å². The lowest BCUT2D eigenvalue weighted by molar-refractivity contribution is 0.0413. The number of hydrogen-bond donors (Lipinski definition) is 0. The van der Waals surface area contributed by atoms with Gasteiger partial charge in [-0.25, -0.2) is 0 Å². The Morgan fingerprint density at radius 1 is 1.64 bits per heavy atom. The molecule has 1 aliphatic rings. The van der Waals surface area contributed by atoms with Crippen LogP contribution in [0.4, 0.5) is 0 Å². The average Bonchev–Trinajstić information content (AvgIpc) is 2.60. The monoisotopic (exact) mass is 154 g/mol. The van der Waals surface area contributed by atoms with Crippen molar-refractivity contribution in [1.82, 2.24) is 9.78 Å². The molecule has 60 valence electrons. The van der Waals surface area contributed by atoms with Crippen LogP contribution < -0.4 is 0 Å². The highest BCUT2D eigenvalue weighted by atomic mass is 16.7. The molecule has 4 heteroatoms. The minimum atomic E-state index is 0.176. The highest BCUT2D eigenvalue weighted by Gasteiger charge is 2.15. The summed E-state index contributed by atoms with van der Waals surface area (Å²) in [7, 11) is 0. The van der Waals surface area contributed by atoms with Gasteiger partial charge >= 0.3 is 0 Å². The number of ether oxygens (including phenoxy) is 2. The minimum Gasteiger partial charge on any atom is -0.353 e. The fourth-order valence-corrected chi connectivity index (χ4v) is 1.09. The molecule has 1 aromatic heterocycles. The fraction of sp³-hybridized carbons (Fsp3) is 0.571. The van der Waals surface area contributed by atoms with Crippen LogP contribution >= 0.6 is 0 Å². The number of aromatic nitrogens is 2. The van der Waals surface area contributed by atoms with Gasteiger partial charge in [0.15, 0.2) is 0 Å². The number of hydrogen-bond acceptors (Lipinski definition) is 3. The van der Waals surface area contributed by atoms with E-state index >= 15 is 0 Å². The van der Waals surface area contributed by atoms with Gasteiger partial charge in [-0.15, -0.1) is 0 Å². The zero-order chi connectivity index (χ0) is 7.52. The number of rotatable bonds is 2. The van der Waals surface area contributed by atoms with E-state index in [-0.39, 0.29) is 6.10 Å². The second-order valence-corrected chi connectivity index (χ2v) is 2.51. The van der Waals surface area contributed by atoms with E-state index in [1.165, 1.54) is 0 Å². The lowest BCUT2D eigenvalue weighted by Gasteiger charge is -2.05. The maximum Gasteiger partial charge on any atom is 0.147 e. The van der Waals surface area contributed by atoms with Gasteiger partial charge in [-0.05, 0) is 6.07 Å². The summed E-state index contributed by atoms with van der Waals surface area (Å²) < 4.78 is 12.1. The van der Waals surface area contributed by atoms with Gasteiger partial charge in [0.25, 0.3) is 0 Å². The molecule has 11 heavy (non-hydrogen) atoms. The van der Waals surface area contributed by atoms with E-state index in [1.807, 2.05) is 16.9 Å². The largest absolute Gasteiger partial charge is 0.353 e. The molecule has 4 nitrogen and oxygen atoms in total. The molecule has 2 heterocycles. The average molecular weight is 154 g/mol. The molecule has 0 aliphatic carbocycles. The van der Waals surface area contributed by atoms with Crippen molar-refractivity contribution in [3.05, 3.63) is 18.5 Å². The molecule has 1 aliphatic heterocycles. The van der Waals surface area contributed by atoms with Crippen LogP contribution in [0.25, 0.3) is 0 Å². The first-order valence-corrected chi connectivity index (χ1v) is 3.62. The molecule has 0 saturated carbocycles. The molecule has 0 aromatic carbocycles. The van der Waals surface area contributed by atoms with Crippen LogP contribution in [-0.4, -0.2) is 29.3 Å². The molecule has 1 fully saturated rings. The topological polar surface area (TPSA) is 36.3 Å². The van der Waals surface area contributed by atoms with Crippen LogP contribution in [0.3, 0.4) is 0 Å². The predicted octanol–water partition coefficient (Wildman–Crippen LogP) is 0.256. The van der Waals surface area contributed by atoms with Crippen molar-refractivity contribution in [3.63, 3.8) is 0 Å². The van der Waals surface area contributed by atoms with Gasteiger partial charge in [-0.1, -0.05) is 0 Å². The van der Waals surface area contributed by atoms with E-state index in [1.54, 1.807) is 6.20 Å². The van der Waals surface area contributed by atoms with Crippen LogP contribution in [0.1, 0.15) is 0 Å². The standard InChI is InChI=1S/C7H10N2O2/c1-2-8-9(3-1)4-7-5-10-6-11-7/h1-3,7H,4-6H2. The molecule has 1 atom stereocenters. The Kier molecular flexibility index (Phi) is 1.87. The lowest BCUT2D eigenvalue weighted by atomic mass is 10.4. The van der Waals surface area contributed by atoms with Gasteiger partial charge in [0.1, 0.15) is 12.9 Å². The van der Waals surface area contributed by atoms with E-state index in [4.69, 9.17) is 9.47 Å². The summed E-state index contributed by atoms with van der Waals surface area (Å²) in [5, 5.41) is 4.06. The van der Waals surface area contributed by atoms with Gasteiger partial charge in [-0.2, -0.15) is 5.10 Å². The van der Waals surface area contributed by atoms with Crippen LogP contribution in [0.5, 0.6) is 0 Å². The first kappa shape index (κ1) is 6.82. The Bertz CT molecular complexity index is 204. The molecule has 0 amide bonds. The van der Waals surface area contributed by atoms with Crippen molar-refractivity contribution in [1.29, 1.82) is 0 Å². The Hall–Kier alpha value is -0.870. The quantitative estimate of drug-likeness (QED) is 0.613. The van der Waals surface area contributed by atoms with Crippen LogP contribution in [0, 0.1) is 0 Å². The SMILES string of the molecule is c1cnn(CC2COCO2)c1. The second-order valence-electron chi connectivity index (χ2n) is 2.51. The Morgan fingerprint density at radius 3 is 3.27 bits per heavy atom. The summed E-state index contributed by atoms with van der Waals surface area (Å²) in [4.78, 5) is 0. The Balaban J connectivity index is 1.90. The van der Waals surface area contributed by atoms with E-state index in [0.717, 1.165) is 6.54 Å². The van der Waals surface area contributed by atoms with Gasteiger partial charge in [-0.3, -0.25) is 4.68 Å². The third kappa shape index (κ3) is 1.58. The van der Waals surface area contributed by atoms with Crippen molar-refractivity contribution in [3.8, 4) is 0 Å². The third-order valence-electron chi connectivity index (χ3n) is 1.64. The maximum atomic E-state index is 5.24. The number of nitrogens with zero attached hydrogens (tertiary/aromatic N) is 2. The van der Waals surface area contributed by atoms with Crippen molar-refractivity contribution in [2.75, 3.05) is 13.4 Å². The molecule has 0 radical (unpaired) electrons. The van der Waals surface area contributed by atoms with Gasteiger partial charge < -0.3 is 9.47 Å². The van der Waals surface area contributed by atoms with E-state index in [2.05, 4.69) is 5.10 Å². The Morgan fingerprint density at radius 2 is 2.64 bits per heavy atom. The molecule has 1 aromatic rings. The highest BCUT2D eigenvalue weighted by Crippen LogP contribution is 2.04. The summed E-state index contributed by atoms with van der Waals surface area (Å²) in [5.41, 5.74) is 0. The molecule has 0 bridgehead atoms.